The highest BCUT2D eigenvalue weighted by Crippen LogP contribution is 2.32. The second-order valence-electron chi connectivity index (χ2n) is 5.92. The highest BCUT2D eigenvalue weighted by molar-refractivity contribution is 8.00. The predicted molar refractivity (Wildman–Crippen MR) is 105 cm³/mol. The quantitative estimate of drug-likeness (QED) is 0.752. The summed E-state index contributed by atoms with van der Waals surface area (Å²) in [6.07, 6.45) is 0. The first-order valence-electron chi connectivity index (χ1n) is 7.96. The largest absolute Gasteiger partial charge is 0.495 e. The molecule has 0 aliphatic heterocycles. The van der Waals surface area contributed by atoms with Crippen LogP contribution in [0.25, 0.3) is 0 Å². The maximum Gasteiger partial charge on any atom is 0.237 e. The smallest absolute Gasteiger partial charge is 0.237 e. The number of halogens is 1. The molecule has 0 aliphatic carbocycles. The van der Waals surface area contributed by atoms with Gasteiger partial charge in [-0.1, -0.05) is 23.4 Å². The van der Waals surface area contributed by atoms with Gasteiger partial charge in [-0.25, -0.2) is 4.98 Å². The molecule has 5 nitrogen and oxygen atoms in total. The Balaban J connectivity index is 2.22. The summed E-state index contributed by atoms with van der Waals surface area (Å²) in [7, 11) is 1.52. The Kier molecular flexibility index (Phi) is 6.52. The number of benzene rings is 1. The lowest BCUT2D eigenvalue weighted by Gasteiger charge is -2.16. The number of carbonyl (C=O) groups is 1. The summed E-state index contributed by atoms with van der Waals surface area (Å²) in [6, 6.07) is 7.46. The normalized spacial score (nSPS) is 11.6. The number of nitriles is 1. The third-order valence-corrected chi connectivity index (χ3v) is 5.31. The minimum absolute atomic E-state index is 0.208. The first-order valence-corrected chi connectivity index (χ1v) is 9.22. The predicted octanol–water partition coefficient (Wildman–Crippen LogP) is 4.66. The van der Waals surface area contributed by atoms with Crippen molar-refractivity contribution in [2.75, 3.05) is 12.4 Å². The van der Waals surface area contributed by atoms with Crippen molar-refractivity contribution >= 4 is 35.0 Å². The van der Waals surface area contributed by atoms with Gasteiger partial charge in [0.25, 0.3) is 0 Å². The number of rotatable bonds is 5. The van der Waals surface area contributed by atoms with Gasteiger partial charge in [-0.05, 0) is 51.0 Å². The molecule has 0 spiro atoms. The molecule has 26 heavy (non-hydrogen) atoms. The van der Waals surface area contributed by atoms with Crippen molar-refractivity contribution in [3.8, 4) is 11.8 Å². The van der Waals surface area contributed by atoms with Crippen LogP contribution < -0.4 is 10.1 Å². The van der Waals surface area contributed by atoms with Crippen molar-refractivity contribution in [1.29, 1.82) is 5.26 Å². The van der Waals surface area contributed by atoms with Crippen LogP contribution in [0.15, 0.2) is 23.2 Å². The Morgan fingerprint density at radius 2 is 2.00 bits per heavy atom. The fourth-order valence-corrected chi connectivity index (χ4v) is 3.58. The highest BCUT2D eigenvalue weighted by atomic mass is 35.5. The van der Waals surface area contributed by atoms with Crippen LogP contribution in [0.1, 0.15) is 29.3 Å². The number of hydrogen-bond donors (Lipinski definition) is 1. The van der Waals surface area contributed by atoms with E-state index in [1.54, 1.807) is 19.1 Å². The molecule has 0 bridgehead atoms. The van der Waals surface area contributed by atoms with Gasteiger partial charge in [0, 0.05) is 16.8 Å². The first kappa shape index (κ1) is 20.1. The van der Waals surface area contributed by atoms with Crippen LogP contribution in [-0.2, 0) is 4.79 Å². The molecule has 1 aromatic carbocycles. The summed E-state index contributed by atoms with van der Waals surface area (Å²) in [5.74, 6) is 0.285. The summed E-state index contributed by atoms with van der Waals surface area (Å²) >= 11 is 7.36. The molecule has 1 N–H and O–H groups in total. The summed E-state index contributed by atoms with van der Waals surface area (Å²) < 4.78 is 5.29. The third-order valence-electron chi connectivity index (χ3n) is 3.82. The van der Waals surface area contributed by atoms with Crippen LogP contribution in [0, 0.1) is 32.1 Å². The third kappa shape index (κ3) is 4.48. The standard InChI is InChI=1S/C19H20ClN3O2S/c1-10-6-12(3)22-19(14(10)9-21)26-13(4)18(24)23-16-7-11(2)15(20)8-17(16)25-5/h6-8,13H,1-5H3,(H,23,24). The lowest BCUT2D eigenvalue weighted by molar-refractivity contribution is -0.115. The maximum absolute atomic E-state index is 12.6. The lowest BCUT2D eigenvalue weighted by atomic mass is 10.1. The second-order valence-corrected chi connectivity index (χ2v) is 7.66. The summed E-state index contributed by atoms with van der Waals surface area (Å²) in [6.45, 7) is 7.36. The van der Waals surface area contributed by atoms with E-state index >= 15 is 0 Å². The molecular weight excluding hydrogens is 370 g/mol. The van der Waals surface area contributed by atoms with E-state index < -0.39 is 5.25 Å². The van der Waals surface area contributed by atoms with Crippen molar-refractivity contribution in [3.05, 3.63) is 45.6 Å². The minimum atomic E-state index is -0.448. The molecule has 2 rings (SSSR count). The SMILES string of the molecule is COc1cc(Cl)c(C)cc1NC(=O)C(C)Sc1nc(C)cc(C)c1C#N. The summed E-state index contributed by atoms with van der Waals surface area (Å²) in [5.41, 5.74) is 3.56. The van der Waals surface area contributed by atoms with Gasteiger partial charge in [0.05, 0.1) is 23.6 Å². The van der Waals surface area contributed by atoms with Crippen LogP contribution in [0.3, 0.4) is 0 Å². The van der Waals surface area contributed by atoms with Gasteiger partial charge in [0.15, 0.2) is 0 Å². The Bertz CT molecular complexity index is 893. The van der Waals surface area contributed by atoms with Gasteiger partial charge < -0.3 is 10.1 Å². The van der Waals surface area contributed by atoms with Gasteiger partial charge in [-0.15, -0.1) is 0 Å². The highest BCUT2D eigenvalue weighted by Gasteiger charge is 2.20. The molecule has 7 heteroatoms. The molecule has 1 unspecified atom stereocenters. The molecule has 1 amide bonds. The van der Waals surface area contributed by atoms with E-state index in [1.807, 2.05) is 26.8 Å². The van der Waals surface area contributed by atoms with Crippen LogP contribution in [0.2, 0.25) is 5.02 Å². The molecule has 1 aromatic heterocycles. The molecule has 2 aromatic rings. The maximum atomic E-state index is 12.6. The minimum Gasteiger partial charge on any atom is -0.495 e. The van der Waals surface area contributed by atoms with Crippen molar-refractivity contribution < 1.29 is 9.53 Å². The number of ether oxygens (including phenoxy) is 1. The number of nitrogens with zero attached hydrogens (tertiary/aromatic N) is 2. The summed E-state index contributed by atoms with van der Waals surface area (Å²) in [4.78, 5) is 17.0. The number of amides is 1. The average molecular weight is 390 g/mol. The molecular formula is C19H20ClN3O2S. The monoisotopic (exact) mass is 389 g/mol. The fraction of sp³-hybridized carbons (Fsp3) is 0.316. The number of carbonyl (C=O) groups excluding carboxylic acids is 1. The van der Waals surface area contributed by atoms with E-state index in [4.69, 9.17) is 16.3 Å². The number of aromatic nitrogens is 1. The van der Waals surface area contributed by atoms with E-state index in [2.05, 4.69) is 16.4 Å². The fourth-order valence-electron chi connectivity index (χ4n) is 2.41. The van der Waals surface area contributed by atoms with E-state index in [1.165, 1.54) is 18.9 Å². The number of aryl methyl sites for hydroxylation is 3. The zero-order valence-corrected chi connectivity index (χ0v) is 16.9. The van der Waals surface area contributed by atoms with Gasteiger partial charge in [-0.2, -0.15) is 5.26 Å². The molecule has 1 heterocycles. The van der Waals surface area contributed by atoms with Crippen molar-refractivity contribution in [1.82, 2.24) is 4.98 Å². The molecule has 1 atom stereocenters. The molecule has 0 fully saturated rings. The van der Waals surface area contributed by atoms with Crippen LogP contribution in [0.4, 0.5) is 5.69 Å². The van der Waals surface area contributed by atoms with Crippen molar-refractivity contribution in [2.45, 2.75) is 38.0 Å². The van der Waals surface area contributed by atoms with E-state index in [-0.39, 0.29) is 5.91 Å². The topological polar surface area (TPSA) is 75.0 Å². The van der Waals surface area contributed by atoms with Gasteiger partial charge in [0.1, 0.15) is 16.8 Å². The molecule has 0 saturated heterocycles. The van der Waals surface area contributed by atoms with Crippen LogP contribution >= 0.6 is 23.4 Å². The van der Waals surface area contributed by atoms with Gasteiger partial charge >= 0.3 is 0 Å². The van der Waals surface area contributed by atoms with E-state index in [9.17, 15) is 10.1 Å². The molecule has 0 radical (unpaired) electrons. The zero-order chi connectivity index (χ0) is 19.4. The second kappa shape index (κ2) is 8.43. The van der Waals surface area contributed by atoms with Gasteiger partial charge in [0.2, 0.25) is 5.91 Å². The van der Waals surface area contributed by atoms with E-state index in [0.29, 0.717) is 27.0 Å². The number of pyridine rings is 1. The number of anilines is 1. The Morgan fingerprint density at radius 1 is 1.31 bits per heavy atom. The van der Waals surface area contributed by atoms with E-state index in [0.717, 1.165) is 16.8 Å². The zero-order valence-electron chi connectivity index (χ0n) is 15.3. The Morgan fingerprint density at radius 3 is 2.62 bits per heavy atom. The number of thioether (sulfide) groups is 1. The van der Waals surface area contributed by atoms with Crippen LogP contribution in [-0.4, -0.2) is 23.3 Å². The molecule has 136 valence electrons. The van der Waals surface area contributed by atoms with Crippen LogP contribution in [0.5, 0.6) is 5.75 Å². The number of hydrogen-bond acceptors (Lipinski definition) is 5. The first-order chi connectivity index (χ1) is 12.3. The number of nitrogens with one attached hydrogen (secondary N) is 1. The Hall–Kier alpha value is -2.23. The lowest BCUT2D eigenvalue weighted by Crippen LogP contribution is -2.23. The number of methoxy groups -OCH3 is 1. The average Bonchev–Trinajstić information content (AvgIpc) is 2.57. The molecule has 0 aliphatic rings. The van der Waals surface area contributed by atoms with Gasteiger partial charge in [-0.3, -0.25) is 4.79 Å². The summed E-state index contributed by atoms with van der Waals surface area (Å²) in [5, 5.41) is 12.9. The molecule has 0 saturated carbocycles. The van der Waals surface area contributed by atoms with Crippen molar-refractivity contribution in [2.24, 2.45) is 0 Å². The van der Waals surface area contributed by atoms with Crippen molar-refractivity contribution in [3.63, 3.8) is 0 Å². The Labute approximate surface area is 162 Å².